The molecule has 0 spiro atoms. The van der Waals surface area contributed by atoms with E-state index in [1.54, 1.807) is 0 Å². The minimum Gasteiger partial charge on any atom is -0.456 e. The normalized spacial score (nSPS) is 14.7. The zero-order valence-corrected chi connectivity index (χ0v) is 33.4. The van der Waals surface area contributed by atoms with Crippen LogP contribution >= 0.6 is 45.3 Å². The topological polar surface area (TPSA) is 26.3 Å². The molecule has 0 N–H and O–H groups in total. The monoisotopic (exact) mass is 748 g/mol. The Morgan fingerprint density at radius 1 is 0.442 bits per heavy atom. The maximum atomic E-state index is 7.06. The highest BCUT2D eigenvalue weighted by Gasteiger charge is 2.32. The van der Waals surface area contributed by atoms with E-state index in [0.717, 1.165) is 60.9 Å². The van der Waals surface area contributed by atoms with E-state index >= 15 is 0 Å². The number of benzene rings is 4. The number of rotatable bonds is 2. The molecule has 0 fully saturated rings. The number of furan rings is 2. The molecule has 0 aliphatic heterocycles. The molecule has 6 heteroatoms. The van der Waals surface area contributed by atoms with Crippen LogP contribution in [0, 0.1) is 41.5 Å². The number of fused-ring (bicyclic) bond motifs is 12. The molecule has 2 aliphatic carbocycles. The fourth-order valence-electron chi connectivity index (χ4n) is 9.87. The molecule has 10 aromatic rings. The third-order valence-corrected chi connectivity index (χ3v) is 18.5. The largest absolute Gasteiger partial charge is 0.456 e. The molecule has 256 valence electrons. The van der Waals surface area contributed by atoms with Gasteiger partial charge in [0.05, 0.1) is 0 Å². The molecule has 0 bridgehead atoms. The van der Waals surface area contributed by atoms with Gasteiger partial charge in [0.25, 0.3) is 0 Å². The Kier molecular flexibility index (Phi) is 6.09. The maximum Gasteiger partial charge on any atom is 0.139 e. The van der Waals surface area contributed by atoms with Gasteiger partial charge in [-0.15, -0.1) is 45.3 Å². The van der Waals surface area contributed by atoms with Gasteiger partial charge in [0, 0.05) is 71.0 Å². The summed E-state index contributed by atoms with van der Waals surface area (Å²) in [4.78, 5) is 5.61. The molecule has 12 rings (SSSR count). The van der Waals surface area contributed by atoms with Gasteiger partial charge in [-0.3, -0.25) is 0 Å². The van der Waals surface area contributed by atoms with Gasteiger partial charge in [-0.05, 0) is 160 Å². The third kappa shape index (κ3) is 3.74. The average molecular weight is 749 g/mol. The smallest absolute Gasteiger partial charge is 0.139 e. The predicted molar refractivity (Wildman–Crippen MR) is 228 cm³/mol. The van der Waals surface area contributed by atoms with Gasteiger partial charge in [-0.2, -0.15) is 0 Å². The van der Waals surface area contributed by atoms with Crippen LogP contribution in [0.1, 0.15) is 67.1 Å². The second-order valence-corrected chi connectivity index (χ2v) is 19.9. The summed E-state index contributed by atoms with van der Waals surface area (Å²) in [6.07, 6.45) is 6.55. The maximum absolute atomic E-state index is 7.06. The fraction of sp³-hybridized carbons (Fsp3) is 0.261. The van der Waals surface area contributed by atoms with Gasteiger partial charge in [0.2, 0.25) is 0 Å². The van der Waals surface area contributed by atoms with E-state index < -0.39 is 0 Å². The third-order valence-electron chi connectivity index (χ3n) is 12.7. The van der Waals surface area contributed by atoms with E-state index in [9.17, 15) is 0 Å². The summed E-state index contributed by atoms with van der Waals surface area (Å²) in [5, 5.41) is 8.18. The van der Waals surface area contributed by atoms with Crippen LogP contribution in [0.4, 0.5) is 0 Å². The molecule has 52 heavy (non-hydrogen) atoms. The van der Waals surface area contributed by atoms with Gasteiger partial charge in [0.1, 0.15) is 22.3 Å². The van der Waals surface area contributed by atoms with Crippen molar-refractivity contribution in [1.82, 2.24) is 0 Å². The zero-order chi connectivity index (χ0) is 34.9. The van der Waals surface area contributed by atoms with Crippen LogP contribution in [0.3, 0.4) is 0 Å². The SMILES string of the molecule is Cc1sc2c(C)c(-c3ccc4c(c3)oc3c5c6c(c7c(oc8cc(-c9sc%10c(C)c(C)sc%10c9C)ccc87)c7c6c(c34)CCC7)CCC5)sc2c1C. The van der Waals surface area contributed by atoms with E-state index in [1.807, 2.05) is 45.3 Å². The molecule has 0 radical (unpaired) electrons. The molecule has 0 atom stereocenters. The van der Waals surface area contributed by atoms with E-state index in [-0.39, 0.29) is 0 Å². The number of hydrogen-bond donors (Lipinski definition) is 0. The molecule has 2 nitrogen and oxygen atoms in total. The molecular weight excluding hydrogens is 713 g/mol. The summed E-state index contributed by atoms with van der Waals surface area (Å²) in [6, 6.07) is 14.1. The van der Waals surface area contributed by atoms with Gasteiger partial charge in [-0.1, -0.05) is 12.1 Å². The van der Waals surface area contributed by atoms with Crippen molar-refractivity contribution >= 4 is 119 Å². The van der Waals surface area contributed by atoms with Crippen molar-refractivity contribution in [2.45, 2.75) is 80.1 Å². The highest BCUT2D eigenvalue weighted by molar-refractivity contribution is 7.30. The predicted octanol–water partition coefficient (Wildman–Crippen LogP) is 15.4. The van der Waals surface area contributed by atoms with Crippen LogP contribution in [-0.2, 0) is 25.7 Å². The van der Waals surface area contributed by atoms with E-state index in [0.29, 0.717) is 0 Å². The van der Waals surface area contributed by atoms with Crippen molar-refractivity contribution in [2.75, 3.05) is 0 Å². The summed E-state index contributed by atoms with van der Waals surface area (Å²) < 4.78 is 19.9. The number of hydrogen-bond acceptors (Lipinski definition) is 6. The Morgan fingerprint density at radius 2 is 0.846 bits per heavy atom. The fourth-order valence-corrected chi connectivity index (χ4v) is 15.3. The Morgan fingerprint density at radius 3 is 1.27 bits per heavy atom. The summed E-state index contributed by atoms with van der Waals surface area (Å²) in [6.45, 7) is 13.6. The van der Waals surface area contributed by atoms with Crippen molar-refractivity contribution in [3.63, 3.8) is 0 Å². The van der Waals surface area contributed by atoms with Gasteiger partial charge < -0.3 is 8.83 Å². The standard InChI is InChI=1S/C46H36O2S4/c1-19-23(5)49-45-21(3)41(51-43(19)45)25-13-15-27-33(17-25)47-39-31-11-8-10-30-36(31)35-29(37(27)39)9-7-12-32(35)40-38(30)28-16-14-26(18-34(28)48-40)42-22(4)46-44(52-42)20(2)24(6)50-46/h13-18H,7-12H2,1-6H3. The first-order chi connectivity index (χ1) is 25.3. The molecular formula is C46H36O2S4. The lowest BCUT2D eigenvalue weighted by Gasteiger charge is -2.26. The molecule has 0 saturated carbocycles. The highest BCUT2D eigenvalue weighted by atomic mass is 32.1. The Hall–Kier alpha value is -3.94. The minimum atomic E-state index is 1.02. The highest BCUT2D eigenvalue weighted by Crippen LogP contribution is 2.53. The summed E-state index contributed by atoms with van der Waals surface area (Å²) in [5.41, 5.74) is 18.3. The van der Waals surface area contributed by atoms with Gasteiger partial charge in [0.15, 0.2) is 0 Å². The molecule has 0 saturated heterocycles. The van der Waals surface area contributed by atoms with Crippen LogP contribution in [0.25, 0.3) is 94.3 Å². The summed E-state index contributed by atoms with van der Waals surface area (Å²) in [7, 11) is 0. The Balaban J connectivity index is 1.10. The minimum absolute atomic E-state index is 1.02. The summed E-state index contributed by atoms with van der Waals surface area (Å²) >= 11 is 7.77. The van der Waals surface area contributed by atoms with Crippen molar-refractivity contribution in [3.05, 3.63) is 90.7 Å². The van der Waals surface area contributed by atoms with Crippen molar-refractivity contribution in [3.8, 4) is 20.9 Å². The number of thiophene rings is 4. The second-order valence-electron chi connectivity index (χ2n) is 15.4. The van der Waals surface area contributed by atoms with Crippen LogP contribution in [0.2, 0.25) is 0 Å². The lowest BCUT2D eigenvalue weighted by molar-refractivity contribution is 0.653. The quantitative estimate of drug-likeness (QED) is 0.176. The first-order valence-corrected chi connectivity index (χ1v) is 21.9. The second kappa shape index (κ2) is 10.4. The first-order valence-electron chi connectivity index (χ1n) is 18.6. The van der Waals surface area contributed by atoms with Crippen LogP contribution in [0.5, 0.6) is 0 Å². The summed E-state index contributed by atoms with van der Waals surface area (Å²) in [5.74, 6) is 0. The van der Waals surface area contributed by atoms with E-state index in [2.05, 4.69) is 77.9 Å². The molecule has 4 aromatic carbocycles. The Labute approximate surface area is 317 Å². The average Bonchev–Trinajstić information content (AvgIpc) is 3.98. The zero-order valence-electron chi connectivity index (χ0n) is 30.2. The van der Waals surface area contributed by atoms with Crippen molar-refractivity contribution in [1.29, 1.82) is 0 Å². The van der Waals surface area contributed by atoms with Crippen LogP contribution in [-0.4, -0.2) is 0 Å². The lowest BCUT2D eigenvalue weighted by Crippen LogP contribution is -2.10. The molecule has 6 aromatic heterocycles. The van der Waals surface area contributed by atoms with Crippen LogP contribution < -0.4 is 0 Å². The molecule has 2 aliphatic rings. The Bertz CT molecular complexity index is 3030. The van der Waals surface area contributed by atoms with E-state index in [1.165, 1.54) is 126 Å². The van der Waals surface area contributed by atoms with Crippen molar-refractivity contribution in [2.24, 2.45) is 0 Å². The van der Waals surface area contributed by atoms with Crippen LogP contribution in [0.15, 0.2) is 45.2 Å². The molecule has 0 unspecified atom stereocenters. The lowest BCUT2D eigenvalue weighted by atomic mass is 9.77. The van der Waals surface area contributed by atoms with Crippen molar-refractivity contribution < 1.29 is 8.83 Å². The molecule has 0 amide bonds. The van der Waals surface area contributed by atoms with E-state index in [4.69, 9.17) is 8.83 Å². The molecule has 6 heterocycles. The van der Waals surface area contributed by atoms with Gasteiger partial charge >= 0.3 is 0 Å². The van der Waals surface area contributed by atoms with Gasteiger partial charge in [-0.25, -0.2) is 0 Å². The first kappa shape index (κ1) is 30.5. The number of aryl methyl sites for hydroxylation is 10.